The Labute approximate surface area is 98.1 Å². The molecule has 0 spiro atoms. The van der Waals surface area contributed by atoms with Crippen LogP contribution in [0.15, 0.2) is 0 Å². The Bertz CT molecular complexity index is 304. The molecule has 90 valence electrons. The molecule has 0 saturated carbocycles. The zero-order valence-electron chi connectivity index (χ0n) is 10.6. The first kappa shape index (κ1) is 13.1. The average molecular weight is 223 g/mol. The molecule has 1 heterocycles. The van der Waals surface area contributed by atoms with Gasteiger partial charge in [-0.05, 0) is 26.2 Å². The summed E-state index contributed by atoms with van der Waals surface area (Å²) in [7, 11) is 1.45. The maximum atomic E-state index is 11.5. The van der Waals surface area contributed by atoms with Gasteiger partial charge in [-0.25, -0.2) is 0 Å². The van der Waals surface area contributed by atoms with Gasteiger partial charge in [-0.1, -0.05) is 12.8 Å². The summed E-state index contributed by atoms with van der Waals surface area (Å²) >= 11 is 0. The molecule has 0 N–H and O–H groups in total. The van der Waals surface area contributed by atoms with Crippen LogP contribution in [0.25, 0.3) is 0 Å². The van der Waals surface area contributed by atoms with E-state index < -0.39 is 0 Å². The first-order chi connectivity index (χ1) is 7.42. The molecule has 0 radical (unpaired) electrons. The lowest BCUT2D eigenvalue weighted by molar-refractivity contribution is -0.149. The van der Waals surface area contributed by atoms with Crippen LogP contribution in [-0.2, 0) is 9.53 Å². The monoisotopic (exact) mass is 223 g/mol. The lowest BCUT2D eigenvalue weighted by atomic mass is 9.84. The smallest absolute Gasteiger partial charge is 0.309 e. The van der Waals surface area contributed by atoms with E-state index in [0.717, 1.165) is 19.5 Å². The molecule has 0 bridgehead atoms. The molecule has 3 heteroatoms. The Morgan fingerprint density at radius 3 is 2.62 bits per heavy atom. The van der Waals surface area contributed by atoms with E-state index in [4.69, 9.17) is 11.2 Å². The molecular formula is C13H21NO2. The van der Waals surface area contributed by atoms with E-state index >= 15 is 0 Å². The standard InChI is InChI=1S/C13H21NO2/c1-6-13(3,4)14-8-7-11(10(2)9-14)12(15)16-5/h1,10-11H,7-9H2,2-5H3/t10-,11+/m0/s1. The molecule has 0 aromatic rings. The molecule has 0 amide bonds. The molecule has 16 heavy (non-hydrogen) atoms. The molecule has 1 rings (SSSR count). The number of carbonyl (C=O) groups is 1. The topological polar surface area (TPSA) is 29.5 Å². The molecule has 3 nitrogen and oxygen atoms in total. The molecule has 1 aliphatic heterocycles. The van der Waals surface area contributed by atoms with Crippen LogP contribution in [0.4, 0.5) is 0 Å². The number of likely N-dealkylation sites (tertiary alicyclic amines) is 1. The van der Waals surface area contributed by atoms with Crippen LogP contribution in [-0.4, -0.2) is 36.6 Å². The predicted molar refractivity (Wildman–Crippen MR) is 63.8 cm³/mol. The van der Waals surface area contributed by atoms with Gasteiger partial charge in [0.1, 0.15) is 0 Å². The van der Waals surface area contributed by atoms with E-state index in [1.165, 1.54) is 7.11 Å². The van der Waals surface area contributed by atoms with Gasteiger partial charge < -0.3 is 4.74 Å². The van der Waals surface area contributed by atoms with Crippen LogP contribution < -0.4 is 0 Å². The number of carbonyl (C=O) groups excluding carboxylic acids is 1. The third-order valence-electron chi connectivity index (χ3n) is 3.55. The summed E-state index contributed by atoms with van der Waals surface area (Å²) in [5.41, 5.74) is -0.227. The van der Waals surface area contributed by atoms with Crippen LogP contribution in [0.3, 0.4) is 0 Å². The first-order valence-electron chi connectivity index (χ1n) is 5.73. The number of hydrogen-bond acceptors (Lipinski definition) is 3. The quantitative estimate of drug-likeness (QED) is 0.525. The molecule has 0 aromatic heterocycles. The van der Waals surface area contributed by atoms with E-state index in [2.05, 4.69) is 17.7 Å². The van der Waals surface area contributed by atoms with Crippen LogP contribution in [0, 0.1) is 24.2 Å². The van der Waals surface area contributed by atoms with Gasteiger partial charge in [0, 0.05) is 13.1 Å². The van der Waals surface area contributed by atoms with Crippen molar-refractivity contribution in [1.29, 1.82) is 0 Å². The van der Waals surface area contributed by atoms with Gasteiger partial charge in [-0.3, -0.25) is 9.69 Å². The van der Waals surface area contributed by atoms with E-state index in [1.54, 1.807) is 0 Å². The number of methoxy groups -OCH3 is 1. The van der Waals surface area contributed by atoms with E-state index in [9.17, 15) is 4.79 Å². The first-order valence-corrected chi connectivity index (χ1v) is 5.73. The zero-order chi connectivity index (χ0) is 12.3. The second kappa shape index (κ2) is 4.88. The van der Waals surface area contributed by atoms with Gasteiger partial charge >= 0.3 is 5.97 Å². The third-order valence-corrected chi connectivity index (χ3v) is 3.55. The second-order valence-electron chi connectivity index (χ2n) is 5.04. The zero-order valence-corrected chi connectivity index (χ0v) is 10.6. The van der Waals surface area contributed by atoms with Gasteiger partial charge in [0.05, 0.1) is 18.6 Å². The van der Waals surface area contributed by atoms with Crippen LogP contribution >= 0.6 is 0 Å². The number of hydrogen-bond donors (Lipinski definition) is 0. The molecule has 1 saturated heterocycles. The van der Waals surface area contributed by atoms with Gasteiger partial charge in [0.15, 0.2) is 0 Å². The van der Waals surface area contributed by atoms with Gasteiger partial charge in [-0.2, -0.15) is 0 Å². The Morgan fingerprint density at radius 1 is 1.56 bits per heavy atom. The van der Waals surface area contributed by atoms with Crippen molar-refractivity contribution >= 4 is 5.97 Å². The second-order valence-corrected chi connectivity index (χ2v) is 5.04. The van der Waals surface area contributed by atoms with E-state index in [1.807, 2.05) is 13.8 Å². The minimum absolute atomic E-state index is 0.0230. The minimum Gasteiger partial charge on any atom is -0.469 e. The Hall–Kier alpha value is -1.01. The highest BCUT2D eigenvalue weighted by Crippen LogP contribution is 2.28. The largest absolute Gasteiger partial charge is 0.469 e. The Morgan fingerprint density at radius 2 is 2.19 bits per heavy atom. The highest BCUT2D eigenvalue weighted by atomic mass is 16.5. The summed E-state index contributed by atoms with van der Waals surface area (Å²) < 4.78 is 4.81. The maximum absolute atomic E-state index is 11.5. The van der Waals surface area contributed by atoms with Crippen LogP contribution in [0.5, 0.6) is 0 Å². The summed E-state index contributed by atoms with van der Waals surface area (Å²) in [5, 5.41) is 0. The summed E-state index contributed by atoms with van der Waals surface area (Å²) in [6, 6.07) is 0. The van der Waals surface area contributed by atoms with Crippen molar-refractivity contribution in [3.63, 3.8) is 0 Å². The molecule has 0 aliphatic carbocycles. The normalized spacial score (nSPS) is 27.2. The van der Waals surface area contributed by atoms with Crippen molar-refractivity contribution in [1.82, 2.24) is 4.90 Å². The van der Waals surface area contributed by atoms with Gasteiger partial charge in [0.25, 0.3) is 0 Å². The number of ether oxygens (including phenoxy) is 1. The average Bonchev–Trinajstić information content (AvgIpc) is 2.28. The number of piperidine rings is 1. The molecule has 0 aromatic carbocycles. The minimum atomic E-state index is -0.227. The fourth-order valence-electron chi connectivity index (χ4n) is 2.25. The molecule has 1 aliphatic rings. The molecule has 0 unspecified atom stereocenters. The lowest BCUT2D eigenvalue weighted by Gasteiger charge is -2.42. The summed E-state index contributed by atoms with van der Waals surface area (Å²) in [6.45, 7) is 7.88. The fourth-order valence-corrected chi connectivity index (χ4v) is 2.25. The number of nitrogens with zero attached hydrogens (tertiary/aromatic N) is 1. The SMILES string of the molecule is C#CC(C)(C)N1CC[C@@H](C(=O)OC)[C@@H](C)C1. The highest BCUT2D eigenvalue weighted by molar-refractivity contribution is 5.72. The van der Waals surface area contributed by atoms with Crippen molar-refractivity contribution in [2.75, 3.05) is 20.2 Å². The molecule has 2 atom stereocenters. The van der Waals surface area contributed by atoms with Crippen molar-refractivity contribution in [2.45, 2.75) is 32.7 Å². The van der Waals surface area contributed by atoms with E-state index in [-0.39, 0.29) is 17.4 Å². The summed E-state index contributed by atoms with van der Waals surface area (Å²) in [5.74, 6) is 3.03. The van der Waals surface area contributed by atoms with Gasteiger partial charge in [0.2, 0.25) is 0 Å². The summed E-state index contributed by atoms with van der Waals surface area (Å²) in [4.78, 5) is 13.8. The van der Waals surface area contributed by atoms with Crippen LogP contribution in [0.2, 0.25) is 0 Å². The maximum Gasteiger partial charge on any atom is 0.309 e. The van der Waals surface area contributed by atoms with Crippen LogP contribution in [0.1, 0.15) is 27.2 Å². The van der Waals surface area contributed by atoms with Crippen molar-refractivity contribution in [3.05, 3.63) is 0 Å². The van der Waals surface area contributed by atoms with Crippen molar-refractivity contribution < 1.29 is 9.53 Å². The van der Waals surface area contributed by atoms with E-state index in [0.29, 0.717) is 5.92 Å². The van der Waals surface area contributed by atoms with Crippen molar-refractivity contribution in [3.8, 4) is 12.3 Å². The molecular weight excluding hydrogens is 202 g/mol. The summed E-state index contributed by atoms with van der Waals surface area (Å²) in [6.07, 6.45) is 6.35. The Kier molecular flexibility index (Phi) is 3.98. The molecule has 1 fully saturated rings. The number of esters is 1. The fraction of sp³-hybridized carbons (Fsp3) is 0.769. The Balaban J connectivity index is 2.66. The number of terminal acetylenes is 1. The highest BCUT2D eigenvalue weighted by Gasteiger charge is 2.36. The number of rotatable bonds is 2. The third kappa shape index (κ3) is 2.56. The van der Waals surface area contributed by atoms with Crippen molar-refractivity contribution in [2.24, 2.45) is 11.8 Å². The predicted octanol–water partition coefficient (Wildman–Crippen LogP) is 1.53. The lowest BCUT2D eigenvalue weighted by Crippen LogP contribution is -2.51. The van der Waals surface area contributed by atoms with Gasteiger partial charge in [-0.15, -0.1) is 6.42 Å².